The van der Waals surface area contributed by atoms with Crippen molar-refractivity contribution in [3.8, 4) is 0 Å². The van der Waals surface area contributed by atoms with Crippen LogP contribution in [0.5, 0.6) is 0 Å². The van der Waals surface area contributed by atoms with Crippen molar-refractivity contribution in [2.45, 2.75) is 6.42 Å². The Morgan fingerprint density at radius 2 is 2.00 bits per heavy atom. The molecule has 1 fully saturated rings. The smallest absolute Gasteiger partial charge is 0.236 e. The second kappa shape index (κ2) is 5.57. The van der Waals surface area contributed by atoms with Gasteiger partial charge in [0.25, 0.3) is 0 Å². The molecule has 1 amide bonds. The van der Waals surface area contributed by atoms with Crippen molar-refractivity contribution >= 4 is 34.6 Å². The first-order valence-electron chi connectivity index (χ1n) is 7.33. The highest BCUT2D eigenvalue weighted by atomic mass is 32.2. The number of thioether (sulfide) groups is 1. The molecule has 1 N–H and O–H groups in total. The van der Waals surface area contributed by atoms with Gasteiger partial charge in [0.2, 0.25) is 5.91 Å². The van der Waals surface area contributed by atoms with Gasteiger partial charge < -0.3 is 5.32 Å². The highest BCUT2D eigenvalue weighted by Crippen LogP contribution is 2.47. The number of hydrogen-bond donors (Lipinski definition) is 1. The number of hydrogen-bond acceptors (Lipinski definition) is 4. The molecule has 1 saturated heterocycles. The Labute approximate surface area is 133 Å². The molecule has 1 heterocycles. The minimum Gasteiger partial charge on any atom is -0.303 e. The molecule has 2 aliphatic carbocycles. The van der Waals surface area contributed by atoms with Gasteiger partial charge in [0.05, 0.1) is 12.0 Å². The van der Waals surface area contributed by atoms with Gasteiger partial charge in [0, 0.05) is 11.8 Å². The van der Waals surface area contributed by atoms with Crippen molar-refractivity contribution in [2.24, 2.45) is 22.0 Å². The van der Waals surface area contributed by atoms with E-state index in [-0.39, 0.29) is 5.91 Å². The Morgan fingerprint density at radius 3 is 2.77 bits per heavy atom. The lowest BCUT2D eigenvalue weighted by Crippen LogP contribution is -2.19. The molecule has 1 aromatic carbocycles. The average Bonchev–Trinajstić information content (AvgIpc) is 3.24. The standard InChI is InChI=1S/C17H15N3OS/c21-15-10-22-17(19-15)20-18-9-14-12-6-7-13(8-12)16(14)11-4-2-1-3-5-11/h1-7,9,12-13H,8,10H2,(H,19,20,21)/t12-,13+/m1/s1. The number of amides is 1. The molecule has 110 valence electrons. The van der Waals surface area contributed by atoms with Crippen LogP contribution in [0.2, 0.25) is 0 Å². The Bertz CT molecular complexity index is 734. The monoisotopic (exact) mass is 309 g/mol. The van der Waals surface area contributed by atoms with Crippen molar-refractivity contribution in [2.75, 3.05) is 5.75 Å². The zero-order valence-electron chi connectivity index (χ0n) is 11.9. The molecule has 22 heavy (non-hydrogen) atoms. The maximum atomic E-state index is 11.1. The van der Waals surface area contributed by atoms with Gasteiger partial charge in [0.15, 0.2) is 5.17 Å². The summed E-state index contributed by atoms with van der Waals surface area (Å²) in [5.41, 5.74) is 3.87. The van der Waals surface area contributed by atoms with Crippen LogP contribution in [0.15, 0.2) is 58.3 Å². The Kier molecular flexibility index (Phi) is 3.42. The van der Waals surface area contributed by atoms with Crippen LogP contribution in [0, 0.1) is 11.8 Å². The summed E-state index contributed by atoms with van der Waals surface area (Å²) < 4.78 is 0. The van der Waals surface area contributed by atoms with E-state index in [0.29, 0.717) is 22.8 Å². The molecule has 4 nitrogen and oxygen atoms in total. The second-order valence-corrected chi connectivity index (χ2v) is 6.52. The van der Waals surface area contributed by atoms with Gasteiger partial charge >= 0.3 is 0 Å². The van der Waals surface area contributed by atoms with Gasteiger partial charge in [-0.2, -0.15) is 5.10 Å². The van der Waals surface area contributed by atoms with E-state index in [1.54, 1.807) is 0 Å². The number of nitrogens with one attached hydrogen (secondary N) is 1. The zero-order valence-corrected chi connectivity index (χ0v) is 12.7. The number of rotatable bonds is 3. The van der Waals surface area contributed by atoms with Crippen LogP contribution in [0.3, 0.4) is 0 Å². The van der Waals surface area contributed by atoms with Crippen LogP contribution in [0.1, 0.15) is 12.0 Å². The van der Waals surface area contributed by atoms with Crippen molar-refractivity contribution in [1.82, 2.24) is 5.32 Å². The molecule has 0 aromatic heterocycles. The third kappa shape index (κ3) is 2.41. The first-order valence-corrected chi connectivity index (χ1v) is 8.31. The van der Waals surface area contributed by atoms with E-state index < -0.39 is 0 Å². The molecule has 4 rings (SSSR count). The third-order valence-electron chi connectivity index (χ3n) is 4.18. The summed E-state index contributed by atoms with van der Waals surface area (Å²) in [6.07, 6.45) is 7.54. The highest BCUT2D eigenvalue weighted by molar-refractivity contribution is 8.15. The first-order chi connectivity index (χ1) is 10.8. The van der Waals surface area contributed by atoms with E-state index in [1.807, 2.05) is 12.3 Å². The summed E-state index contributed by atoms with van der Waals surface area (Å²) in [5, 5.41) is 11.6. The van der Waals surface area contributed by atoms with Crippen LogP contribution in [0.25, 0.3) is 5.57 Å². The fraction of sp³-hybridized carbons (Fsp3) is 0.235. The van der Waals surface area contributed by atoms with E-state index in [9.17, 15) is 4.79 Å². The highest BCUT2D eigenvalue weighted by Gasteiger charge is 2.34. The van der Waals surface area contributed by atoms with E-state index in [4.69, 9.17) is 0 Å². The molecule has 3 aliphatic rings. The lowest BCUT2D eigenvalue weighted by molar-refractivity contribution is -0.116. The molecule has 0 radical (unpaired) electrons. The predicted octanol–water partition coefficient (Wildman–Crippen LogP) is 2.85. The molecule has 1 aromatic rings. The molecule has 0 saturated carbocycles. The van der Waals surface area contributed by atoms with Crippen molar-refractivity contribution in [1.29, 1.82) is 0 Å². The minimum atomic E-state index is -0.00834. The van der Waals surface area contributed by atoms with Crippen LogP contribution in [-0.4, -0.2) is 23.0 Å². The maximum absolute atomic E-state index is 11.1. The SMILES string of the molecule is O=C1CS/C(=N\N=CC2=C(c3ccccc3)[C@H]3C=C[C@@H]2C3)N1. The molecular weight excluding hydrogens is 294 g/mol. The second-order valence-electron chi connectivity index (χ2n) is 5.56. The van der Waals surface area contributed by atoms with Crippen LogP contribution in [0.4, 0.5) is 0 Å². The van der Waals surface area contributed by atoms with E-state index in [1.165, 1.54) is 28.5 Å². The lowest BCUT2D eigenvalue weighted by atomic mass is 9.92. The zero-order chi connectivity index (χ0) is 14.9. The molecular formula is C17H15N3OS. The summed E-state index contributed by atoms with van der Waals surface area (Å²) in [6, 6.07) is 10.5. The maximum Gasteiger partial charge on any atom is 0.236 e. The minimum absolute atomic E-state index is 0.00834. The van der Waals surface area contributed by atoms with Crippen molar-refractivity contribution in [3.63, 3.8) is 0 Å². The van der Waals surface area contributed by atoms with Crippen molar-refractivity contribution < 1.29 is 4.79 Å². The summed E-state index contributed by atoms with van der Waals surface area (Å²) in [6.45, 7) is 0. The molecule has 2 atom stereocenters. The van der Waals surface area contributed by atoms with Gasteiger partial charge in [-0.1, -0.05) is 54.2 Å². The van der Waals surface area contributed by atoms with Crippen LogP contribution < -0.4 is 5.32 Å². The Hall–Kier alpha value is -2.14. The Balaban J connectivity index is 1.63. The van der Waals surface area contributed by atoms with Crippen LogP contribution >= 0.6 is 11.8 Å². The number of benzene rings is 1. The quantitative estimate of drug-likeness (QED) is 0.530. The van der Waals surface area contributed by atoms with Crippen LogP contribution in [-0.2, 0) is 4.79 Å². The fourth-order valence-electron chi connectivity index (χ4n) is 3.24. The average molecular weight is 309 g/mol. The molecule has 0 unspecified atom stereocenters. The number of fused-ring (bicyclic) bond motifs is 2. The summed E-state index contributed by atoms with van der Waals surface area (Å²) in [7, 11) is 0. The van der Waals surface area contributed by atoms with Gasteiger partial charge in [-0.05, 0) is 23.1 Å². The molecule has 1 aliphatic heterocycles. The number of carbonyl (C=O) groups excluding carboxylic acids is 1. The van der Waals surface area contributed by atoms with Gasteiger partial charge in [0.1, 0.15) is 0 Å². The predicted molar refractivity (Wildman–Crippen MR) is 90.6 cm³/mol. The van der Waals surface area contributed by atoms with E-state index in [0.717, 1.165) is 6.42 Å². The summed E-state index contributed by atoms with van der Waals surface area (Å²) in [5.74, 6) is 1.35. The molecule has 5 heteroatoms. The van der Waals surface area contributed by atoms with Gasteiger partial charge in [-0.15, -0.1) is 5.10 Å². The fourth-order valence-corrected chi connectivity index (χ4v) is 3.87. The largest absolute Gasteiger partial charge is 0.303 e. The Morgan fingerprint density at radius 1 is 1.18 bits per heavy atom. The third-order valence-corrected chi connectivity index (χ3v) is 5.05. The number of nitrogens with zero attached hydrogens (tertiary/aromatic N) is 2. The number of allylic oxidation sites excluding steroid dienone is 4. The number of carbonyl (C=O) groups is 1. The normalized spacial score (nSPS) is 28.4. The lowest BCUT2D eigenvalue weighted by Gasteiger charge is -2.13. The molecule has 0 spiro atoms. The summed E-state index contributed by atoms with van der Waals surface area (Å²) in [4.78, 5) is 11.1. The van der Waals surface area contributed by atoms with E-state index in [2.05, 4.69) is 51.9 Å². The summed E-state index contributed by atoms with van der Waals surface area (Å²) >= 11 is 1.39. The van der Waals surface area contributed by atoms with Gasteiger partial charge in [-0.25, -0.2) is 0 Å². The topological polar surface area (TPSA) is 53.8 Å². The van der Waals surface area contributed by atoms with Crippen molar-refractivity contribution in [3.05, 3.63) is 53.6 Å². The molecule has 2 bridgehead atoms. The van der Waals surface area contributed by atoms with E-state index >= 15 is 0 Å². The number of amidine groups is 1. The van der Waals surface area contributed by atoms with Gasteiger partial charge in [-0.3, -0.25) is 4.79 Å². The first kappa shape index (κ1) is 13.5.